The fourth-order valence-corrected chi connectivity index (χ4v) is 2.53. The van der Waals surface area contributed by atoms with E-state index in [0.29, 0.717) is 6.04 Å². The van der Waals surface area contributed by atoms with Crippen LogP contribution in [0.3, 0.4) is 0 Å². The molecule has 0 aromatic rings. The van der Waals surface area contributed by atoms with Gasteiger partial charge in [-0.15, -0.1) is 0 Å². The average molecular weight is 213 g/mol. The van der Waals surface area contributed by atoms with E-state index in [4.69, 9.17) is 0 Å². The molecule has 0 saturated carbocycles. The maximum atomic E-state index is 3.51. The Balaban J connectivity index is 2.48. The smallest absolute Gasteiger partial charge is 0.0226 e. The number of likely N-dealkylation sites (N-methyl/N-ethyl adjacent to an activating group) is 1. The highest BCUT2D eigenvalue weighted by Crippen LogP contribution is 2.15. The van der Waals surface area contributed by atoms with Crippen molar-refractivity contribution in [2.75, 3.05) is 33.2 Å². The molecular weight excluding hydrogens is 186 g/mol. The van der Waals surface area contributed by atoms with E-state index in [9.17, 15) is 0 Å². The minimum atomic E-state index is 0.654. The van der Waals surface area contributed by atoms with Crippen molar-refractivity contribution in [1.82, 2.24) is 15.5 Å². The molecular formula is C12H27N3. The number of piperazine rings is 1. The lowest BCUT2D eigenvalue weighted by atomic mass is 9.99. The van der Waals surface area contributed by atoms with E-state index >= 15 is 0 Å². The summed E-state index contributed by atoms with van der Waals surface area (Å²) in [6.07, 6.45) is 1.31. The van der Waals surface area contributed by atoms with Gasteiger partial charge in [-0.1, -0.05) is 13.8 Å². The third-order valence-electron chi connectivity index (χ3n) is 3.20. The van der Waals surface area contributed by atoms with Crippen molar-refractivity contribution in [3.8, 4) is 0 Å². The topological polar surface area (TPSA) is 27.3 Å². The van der Waals surface area contributed by atoms with Gasteiger partial charge in [-0.3, -0.25) is 4.90 Å². The molecule has 0 amide bonds. The Kier molecular flexibility index (Phi) is 5.58. The third-order valence-corrected chi connectivity index (χ3v) is 3.20. The number of hydrogen-bond acceptors (Lipinski definition) is 3. The fourth-order valence-electron chi connectivity index (χ4n) is 2.53. The predicted octanol–water partition coefficient (Wildman–Crippen LogP) is 0.914. The average Bonchev–Trinajstić information content (AvgIpc) is 2.18. The SMILES string of the molecule is CNCC(C)N1CCNCC1CC(C)C. The molecule has 1 saturated heterocycles. The Hall–Kier alpha value is -0.120. The van der Waals surface area contributed by atoms with Crippen molar-refractivity contribution in [3.05, 3.63) is 0 Å². The highest BCUT2D eigenvalue weighted by Gasteiger charge is 2.26. The Bertz CT molecular complexity index is 170. The van der Waals surface area contributed by atoms with E-state index in [1.54, 1.807) is 0 Å². The first kappa shape index (κ1) is 12.9. The molecule has 0 aliphatic carbocycles. The van der Waals surface area contributed by atoms with Crippen LogP contribution in [0.15, 0.2) is 0 Å². The van der Waals surface area contributed by atoms with Crippen molar-refractivity contribution >= 4 is 0 Å². The van der Waals surface area contributed by atoms with Crippen LogP contribution in [0.25, 0.3) is 0 Å². The molecule has 0 bridgehead atoms. The molecule has 15 heavy (non-hydrogen) atoms. The van der Waals surface area contributed by atoms with Gasteiger partial charge in [0, 0.05) is 38.3 Å². The van der Waals surface area contributed by atoms with Crippen LogP contribution < -0.4 is 10.6 Å². The summed E-state index contributed by atoms with van der Waals surface area (Å²) in [5.74, 6) is 0.791. The maximum absolute atomic E-state index is 3.51. The van der Waals surface area contributed by atoms with Crippen molar-refractivity contribution in [2.24, 2.45) is 5.92 Å². The highest BCUT2D eigenvalue weighted by molar-refractivity contribution is 4.84. The fraction of sp³-hybridized carbons (Fsp3) is 1.00. The van der Waals surface area contributed by atoms with Gasteiger partial charge in [0.25, 0.3) is 0 Å². The van der Waals surface area contributed by atoms with Crippen LogP contribution in [-0.2, 0) is 0 Å². The molecule has 0 radical (unpaired) electrons. The Morgan fingerprint density at radius 2 is 2.13 bits per heavy atom. The zero-order valence-corrected chi connectivity index (χ0v) is 10.7. The van der Waals surface area contributed by atoms with Gasteiger partial charge in [-0.2, -0.15) is 0 Å². The molecule has 2 atom stereocenters. The van der Waals surface area contributed by atoms with Gasteiger partial charge in [-0.25, -0.2) is 0 Å². The quantitative estimate of drug-likeness (QED) is 0.711. The molecule has 3 nitrogen and oxygen atoms in total. The van der Waals surface area contributed by atoms with Gasteiger partial charge < -0.3 is 10.6 Å². The van der Waals surface area contributed by atoms with Crippen molar-refractivity contribution in [3.63, 3.8) is 0 Å². The van der Waals surface area contributed by atoms with Gasteiger partial charge in [-0.05, 0) is 26.3 Å². The van der Waals surface area contributed by atoms with Crippen LogP contribution in [0, 0.1) is 5.92 Å². The zero-order valence-electron chi connectivity index (χ0n) is 10.7. The lowest BCUT2D eigenvalue weighted by molar-refractivity contribution is 0.0998. The molecule has 0 aromatic heterocycles. The Labute approximate surface area is 94.6 Å². The summed E-state index contributed by atoms with van der Waals surface area (Å²) in [6, 6.07) is 1.38. The minimum Gasteiger partial charge on any atom is -0.318 e. The second kappa shape index (κ2) is 6.46. The molecule has 1 rings (SSSR count). The number of rotatable bonds is 5. The van der Waals surface area contributed by atoms with Crippen LogP contribution in [0.4, 0.5) is 0 Å². The summed E-state index contributed by atoms with van der Waals surface area (Å²) in [5.41, 5.74) is 0. The first-order valence-electron chi connectivity index (χ1n) is 6.26. The highest BCUT2D eigenvalue weighted by atomic mass is 15.2. The van der Waals surface area contributed by atoms with Gasteiger partial charge in [0.2, 0.25) is 0 Å². The van der Waals surface area contributed by atoms with E-state index in [1.807, 2.05) is 7.05 Å². The van der Waals surface area contributed by atoms with E-state index in [-0.39, 0.29) is 0 Å². The molecule has 3 heteroatoms. The number of nitrogens with zero attached hydrogens (tertiary/aromatic N) is 1. The first-order chi connectivity index (χ1) is 7.15. The van der Waals surface area contributed by atoms with Gasteiger partial charge in [0.05, 0.1) is 0 Å². The van der Waals surface area contributed by atoms with E-state index in [0.717, 1.165) is 31.6 Å². The Morgan fingerprint density at radius 3 is 2.73 bits per heavy atom. The number of hydrogen-bond donors (Lipinski definition) is 2. The van der Waals surface area contributed by atoms with Crippen LogP contribution in [0.1, 0.15) is 27.2 Å². The van der Waals surface area contributed by atoms with Crippen molar-refractivity contribution in [2.45, 2.75) is 39.3 Å². The van der Waals surface area contributed by atoms with E-state index < -0.39 is 0 Å². The molecule has 2 N–H and O–H groups in total. The molecule has 2 unspecified atom stereocenters. The Morgan fingerprint density at radius 1 is 1.40 bits per heavy atom. The molecule has 0 spiro atoms. The lowest BCUT2D eigenvalue weighted by Gasteiger charge is -2.41. The zero-order chi connectivity index (χ0) is 11.3. The predicted molar refractivity (Wildman–Crippen MR) is 66.2 cm³/mol. The standard InChI is InChI=1S/C12H27N3/c1-10(2)7-12-9-14-5-6-15(12)11(3)8-13-4/h10-14H,5-9H2,1-4H3. The summed E-state index contributed by atoms with van der Waals surface area (Å²) in [4.78, 5) is 2.66. The molecule has 90 valence electrons. The molecule has 1 aliphatic heterocycles. The molecule has 1 heterocycles. The lowest BCUT2D eigenvalue weighted by Crippen LogP contribution is -2.56. The largest absolute Gasteiger partial charge is 0.318 e. The van der Waals surface area contributed by atoms with Gasteiger partial charge in [0.1, 0.15) is 0 Å². The van der Waals surface area contributed by atoms with E-state index in [1.165, 1.54) is 13.0 Å². The maximum Gasteiger partial charge on any atom is 0.0226 e. The van der Waals surface area contributed by atoms with Crippen LogP contribution in [-0.4, -0.2) is 50.2 Å². The van der Waals surface area contributed by atoms with Gasteiger partial charge >= 0.3 is 0 Å². The monoisotopic (exact) mass is 213 g/mol. The summed E-state index contributed by atoms with van der Waals surface area (Å²) < 4.78 is 0. The van der Waals surface area contributed by atoms with Crippen LogP contribution >= 0.6 is 0 Å². The molecule has 0 aromatic carbocycles. The molecule has 1 aliphatic rings. The van der Waals surface area contributed by atoms with E-state index in [2.05, 4.69) is 36.3 Å². The minimum absolute atomic E-state index is 0.654. The second-order valence-corrected chi connectivity index (χ2v) is 5.13. The molecule has 1 fully saturated rings. The number of nitrogens with one attached hydrogen (secondary N) is 2. The van der Waals surface area contributed by atoms with Gasteiger partial charge in [0.15, 0.2) is 0 Å². The third kappa shape index (κ3) is 4.09. The van der Waals surface area contributed by atoms with Crippen LogP contribution in [0.2, 0.25) is 0 Å². The second-order valence-electron chi connectivity index (χ2n) is 5.13. The van der Waals surface area contributed by atoms with Crippen molar-refractivity contribution < 1.29 is 0 Å². The summed E-state index contributed by atoms with van der Waals surface area (Å²) >= 11 is 0. The normalized spacial score (nSPS) is 25.8. The summed E-state index contributed by atoms with van der Waals surface area (Å²) in [7, 11) is 2.04. The first-order valence-corrected chi connectivity index (χ1v) is 6.26. The van der Waals surface area contributed by atoms with Crippen LogP contribution in [0.5, 0.6) is 0 Å². The van der Waals surface area contributed by atoms with Crippen molar-refractivity contribution in [1.29, 1.82) is 0 Å². The summed E-state index contributed by atoms with van der Waals surface area (Å²) in [5, 5.41) is 6.78. The summed E-state index contributed by atoms with van der Waals surface area (Å²) in [6.45, 7) is 11.5.